The highest BCUT2D eigenvalue weighted by atomic mass is 35.5. The highest BCUT2D eigenvalue weighted by Gasteiger charge is 2.10. The third kappa shape index (κ3) is 3.89. The molecule has 0 atom stereocenters. The number of aliphatic imine (C=N–C) groups is 1. The summed E-state index contributed by atoms with van der Waals surface area (Å²) in [6.07, 6.45) is 5.07. The second kappa shape index (κ2) is 6.26. The van der Waals surface area contributed by atoms with Crippen LogP contribution in [0.4, 0.5) is 0 Å². The topological polar surface area (TPSA) is 41.6 Å². The van der Waals surface area contributed by atoms with Gasteiger partial charge in [-0.1, -0.05) is 24.4 Å². The maximum atomic E-state index is 6.02. The van der Waals surface area contributed by atoms with Crippen LogP contribution in [0, 0.1) is 0 Å². The number of guanidine groups is 1. The molecular weight excluding hydrogens is 254 g/mol. The molecule has 0 spiro atoms. The van der Waals surface area contributed by atoms with Gasteiger partial charge in [0.05, 0.1) is 10.9 Å². The molecule has 3 nitrogen and oxygen atoms in total. The molecule has 5 heteroatoms. The van der Waals surface area contributed by atoms with Crippen LogP contribution in [0.3, 0.4) is 0 Å². The van der Waals surface area contributed by atoms with Crippen LogP contribution in [0.25, 0.3) is 0 Å². The van der Waals surface area contributed by atoms with E-state index in [0.29, 0.717) is 12.5 Å². The van der Waals surface area contributed by atoms with Crippen LogP contribution in [0.1, 0.15) is 30.6 Å². The number of thiophene rings is 1. The maximum Gasteiger partial charge on any atom is 0.191 e. The van der Waals surface area contributed by atoms with Gasteiger partial charge >= 0.3 is 0 Å². The van der Waals surface area contributed by atoms with Crippen molar-refractivity contribution in [2.75, 3.05) is 13.1 Å². The lowest BCUT2D eigenvalue weighted by atomic mass is 10.2. The van der Waals surface area contributed by atoms with Crippen LogP contribution >= 0.6 is 22.9 Å². The van der Waals surface area contributed by atoms with E-state index in [1.54, 1.807) is 11.3 Å². The van der Waals surface area contributed by atoms with E-state index in [1.165, 1.54) is 25.7 Å². The molecule has 2 N–H and O–H groups in total. The zero-order valence-corrected chi connectivity index (χ0v) is 11.4. The fraction of sp³-hybridized carbons (Fsp3) is 0.583. The highest BCUT2D eigenvalue weighted by Crippen LogP contribution is 2.22. The molecule has 1 aliphatic rings. The molecule has 0 saturated carbocycles. The molecule has 0 unspecified atom stereocenters. The molecule has 0 bridgehead atoms. The zero-order chi connectivity index (χ0) is 12.1. The summed E-state index contributed by atoms with van der Waals surface area (Å²) >= 11 is 7.44. The van der Waals surface area contributed by atoms with Crippen LogP contribution in [0.5, 0.6) is 0 Å². The fourth-order valence-electron chi connectivity index (χ4n) is 2.00. The average Bonchev–Trinajstić information content (AvgIpc) is 2.58. The Kier molecular flexibility index (Phi) is 4.68. The molecule has 17 heavy (non-hydrogen) atoms. The van der Waals surface area contributed by atoms with E-state index in [0.717, 1.165) is 22.3 Å². The predicted octanol–water partition coefficient (Wildman–Crippen LogP) is 3.09. The van der Waals surface area contributed by atoms with Crippen molar-refractivity contribution in [3.05, 3.63) is 21.3 Å². The normalized spacial score (nSPS) is 18.2. The van der Waals surface area contributed by atoms with Crippen LogP contribution in [-0.2, 0) is 6.54 Å². The van der Waals surface area contributed by atoms with Gasteiger partial charge in [0.25, 0.3) is 0 Å². The molecule has 94 valence electrons. The van der Waals surface area contributed by atoms with Crippen LogP contribution in [0.2, 0.25) is 4.34 Å². The Balaban J connectivity index is 1.91. The maximum absolute atomic E-state index is 6.02. The summed E-state index contributed by atoms with van der Waals surface area (Å²) in [5.41, 5.74) is 6.02. The number of hydrogen-bond acceptors (Lipinski definition) is 2. The number of halogens is 1. The minimum absolute atomic E-state index is 0.639. The lowest BCUT2D eigenvalue weighted by molar-refractivity contribution is 0.428. The van der Waals surface area contributed by atoms with Crippen molar-refractivity contribution in [2.45, 2.75) is 32.2 Å². The van der Waals surface area contributed by atoms with Gasteiger partial charge in [0.15, 0.2) is 5.96 Å². The smallest absolute Gasteiger partial charge is 0.191 e. The molecule has 1 aromatic heterocycles. The summed E-state index contributed by atoms with van der Waals surface area (Å²) in [6, 6.07) is 3.91. The summed E-state index contributed by atoms with van der Waals surface area (Å²) in [5, 5.41) is 0. The Bertz CT molecular complexity index is 381. The number of nitrogens with zero attached hydrogens (tertiary/aromatic N) is 2. The lowest BCUT2D eigenvalue weighted by Gasteiger charge is -2.20. The van der Waals surface area contributed by atoms with E-state index >= 15 is 0 Å². The summed E-state index contributed by atoms with van der Waals surface area (Å²) in [6.45, 7) is 2.72. The molecule has 1 aliphatic heterocycles. The van der Waals surface area contributed by atoms with Crippen molar-refractivity contribution >= 4 is 28.9 Å². The summed E-state index contributed by atoms with van der Waals surface area (Å²) in [7, 11) is 0. The van der Waals surface area contributed by atoms with Gasteiger partial charge in [-0.15, -0.1) is 11.3 Å². The molecule has 1 fully saturated rings. The van der Waals surface area contributed by atoms with E-state index in [4.69, 9.17) is 17.3 Å². The van der Waals surface area contributed by atoms with Crippen molar-refractivity contribution in [1.82, 2.24) is 4.90 Å². The Morgan fingerprint density at radius 3 is 2.59 bits per heavy atom. The quantitative estimate of drug-likeness (QED) is 0.663. The molecule has 1 aromatic rings. The third-order valence-electron chi connectivity index (χ3n) is 2.96. The first-order valence-corrected chi connectivity index (χ1v) is 7.24. The first-order chi connectivity index (χ1) is 8.25. The molecule has 0 aromatic carbocycles. The van der Waals surface area contributed by atoms with Gasteiger partial charge in [0.2, 0.25) is 0 Å². The Hall–Kier alpha value is -0.740. The van der Waals surface area contributed by atoms with Crippen LogP contribution in [0.15, 0.2) is 17.1 Å². The second-order valence-corrected chi connectivity index (χ2v) is 6.08. The van der Waals surface area contributed by atoms with Crippen molar-refractivity contribution in [2.24, 2.45) is 10.7 Å². The van der Waals surface area contributed by atoms with E-state index in [2.05, 4.69) is 9.89 Å². The Labute approximate surface area is 111 Å². The zero-order valence-electron chi connectivity index (χ0n) is 9.86. The summed E-state index contributed by atoms with van der Waals surface area (Å²) < 4.78 is 0.809. The summed E-state index contributed by atoms with van der Waals surface area (Å²) in [4.78, 5) is 7.80. The lowest BCUT2D eigenvalue weighted by Crippen LogP contribution is -2.38. The molecule has 0 aliphatic carbocycles. The molecule has 2 heterocycles. The van der Waals surface area contributed by atoms with Gasteiger partial charge in [-0.05, 0) is 25.0 Å². The van der Waals surface area contributed by atoms with Crippen LogP contribution < -0.4 is 5.73 Å². The van der Waals surface area contributed by atoms with Gasteiger partial charge in [0, 0.05) is 18.0 Å². The number of hydrogen-bond donors (Lipinski definition) is 1. The minimum atomic E-state index is 0.639. The van der Waals surface area contributed by atoms with E-state index in [1.807, 2.05) is 12.1 Å². The first kappa shape index (κ1) is 12.7. The predicted molar refractivity (Wildman–Crippen MR) is 74.7 cm³/mol. The summed E-state index contributed by atoms with van der Waals surface area (Å²) in [5.74, 6) is 0.677. The van der Waals surface area contributed by atoms with E-state index < -0.39 is 0 Å². The Morgan fingerprint density at radius 1 is 1.29 bits per heavy atom. The van der Waals surface area contributed by atoms with Gasteiger partial charge in [-0.25, -0.2) is 4.99 Å². The molecule has 0 radical (unpaired) electrons. The SMILES string of the molecule is NC(=NCc1ccc(Cl)s1)N1CCCCCC1. The highest BCUT2D eigenvalue weighted by molar-refractivity contribution is 7.16. The van der Waals surface area contributed by atoms with Gasteiger partial charge < -0.3 is 10.6 Å². The Morgan fingerprint density at radius 2 is 2.00 bits per heavy atom. The fourth-order valence-corrected chi connectivity index (χ4v) is 3.01. The van der Waals surface area contributed by atoms with Gasteiger partial charge in [0.1, 0.15) is 0 Å². The standard InChI is InChI=1S/C12H18ClN3S/c13-11-6-5-10(17-11)9-15-12(14)16-7-3-1-2-4-8-16/h5-6H,1-4,7-9H2,(H2,14,15). The van der Waals surface area contributed by atoms with Gasteiger partial charge in [-0.3, -0.25) is 0 Å². The number of rotatable bonds is 2. The largest absolute Gasteiger partial charge is 0.370 e. The average molecular weight is 272 g/mol. The van der Waals surface area contributed by atoms with Crippen molar-refractivity contribution in [3.63, 3.8) is 0 Å². The molecule has 1 saturated heterocycles. The van der Waals surface area contributed by atoms with E-state index in [9.17, 15) is 0 Å². The van der Waals surface area contributed by atoms with Crippen molar-refractivity contribution < 1.29 is 0 Å². The van der Waals surface area contributed by atoms with Crippen molar-refractivity contribution in [3.8, 4) is 0 Å². The molecule has 2 rings (SSSR count). The first-order valence-electron chi connectivity index (χ1n) is 6.05. The molecular formula is C12H18ClN3S. The van der Waals surface area contributed by atoms with E-state index in [-0.39, 0.29) is 0 Å². The van der Waals surface area contributed by atoms with Gasteiger partial charge in [-0.2, -0.15) is 0 Å². The minimum Gasteiger partial charge on any atom is -0.370 e. The molecule has 0 amide bonds. The van der Waals surface area contributed by atoms with Crippen molar-refractivity contribution in [1.29, 1.82) is 0 Å². The second-order valence-electron chi connectivity index (χ2n) is 4.28. The monoisotopic (exact) mass is 271 g/mol. The number of likely N-dealkylation sites (tertiary alicyclic amines) is 1. The number of nitrogens with two attached hydrogens (primary N) is 1. The third-order valence-corrected chi connectivity index (χ3v) is 4.17. The van der Waals surface area contributed by atoms with Crippen LogP contribution in [-0.4, -0.2) is 23.9 Å².